The van der Waals surface area contributed by atoms with Crippen molar-refractivity contribution in [1.82, 2.24) is 5.43 Å². The second kappa shape index (κ2) is 3.81. The molecular weight excluding hydrogens is 181 g/mol. The van der Waals surface area contributed by atoms with E-state index in [0.717, 1.165) is 18.9 Å². The molecule has 0 aromatic carbocycles. The van der Waals surface area contributed by atoms with Crippen LogP contribution in [0.15, 0.2) is 17.3 Å². The number of hydrazone groups is 1. The molecule has 1 rings (SSSR count). The summed E-state index contributed by atoms with van der Waals surface area (Å²) in [4.78, 5) is 0. The van der Waals surface area contributed by atoms with Crippen LogP contribution in [0.4, 0.5) is 13.2 Å². The number of hydrogen-bond donors (Lipinski definition) is 1. The highest BCUT2D eigenvalue weighted by Crippen LogP contribution is 2.19. The number of allylic oxidation sites excluding steroid dienone is 1. The van der Waals surface area contributed by atoms with Crippen molar-refractivity contribution in [1.29, 1.82) is 0 Å². The van der Waals surface area contributed by atoms with Crippen LogP contribution in [0.1, 0.15) is 19.8 Å². The first-order valence-electron chi connectivity index (χ1n) is 4.12. The van der Waals surface area contributed by atoms with Gasteiger partial charge in [-0.1, -0.05) is 19.4 Å². The van der Waals surface area contributed by atoms with Gasteiger partial charge in [-0.25, -0.2) is 0 Å². The minimum Gasteiger partial charge on any atom is -0.303 e. The first-order valence-corrected chi connectivity index (χ1v) is 4.12. The van der Waals surface area contributed by atoms with Crippen LogP contribution in [-0.4, -0.2) is 17.9 Å². The van der Waals surface area contributed by atoms with Crippen LogP contribution in [0.5, 0.6) is 0 Å². The van der Waals surface area contributed by atoms with Gasteiger partial charge in [-0.15, -0.1) is 0 Å². The van der Waals surface area contributed by atoms with Crippen LogP contribution < -0.4 is 5.43 Å². The Morgan fingerprint density at radius 1 is 1.54 bits per heavy atom. The van der Waals surface area contributed by atoms with E-state index in [2.05, 4.69) is 10.5 Å². The molecule has 0 amide bonds. The van der Waals surface area contributed by atoms with Crippen LogP contribution >= 0.6 is 0 Å². The van der Waals surface area contributed by atoms with Crippen LogP contribution in [0.2, 0.25) is 0 Å². The maximum Gasteiger partial charge on any atom is 0.435 e. The molecule has 0 spiro atoms. The summed E-state index contributed by atoms with van der Waals surface area (Å²) in [6, 6.07) is -0.0592. The zero-order valence-corrected chi connectivity index (χ0v) is 7.23. The van der Waals surface area contributed by atoms with Crippen molar-refractivity contribution in [3.8, 4) is 0 Å². The van der Waals surface area contributed by atoms with Gasteiger partial charge in [0, 0.05) is 0 Å². The van der Waals surface area contributed by atoms with Crippen molar-refractivity contribution in [3.63, 3.8) is 0 Å². The predicted molar refractivity (Wildman–Crippen MR) is 44.5 cm³/mol. The van der Waals surface area contributed by atoms with Gasteiger partial charge in [0.1, 0.15) is 0 Å². The Hall–Kier alpha value is -1.00. The van der Waals surface area contributed by atoms with E-state index in [4.69, 9.17) is 0 Å². The van der Waals surface area contributed by atoms with Gasteiger partial charge in [0.15, 0.2) is 5.71 Å². The Bertz CT molecular complexity index is 230. The second-order valence-corrected chi connectivity index (χ2v) is 2.88. The lowest BCUT2D eigenvalue weighted by Crippen LogP contribution is -2.32. The van der Waals surface area contributed by atoms with Gasteiger partial charge in [-0.3, -0.25) is 0 Å². The average Bonchev–Trinajstić information content (AvgIpc) is 2.04. The van der Waals surface area contributed by atoms with E-state index in [0.29, 0.717) is 0 Å². The van der Waals surface area contributed by atoms with Gasteiger partial charge >= 0.3 is 6.18 Å². The van der Waals surface area contributed by atoms with Gasteiger partial charge in [0.25, 0.3) is 0 Å². The van der Waals surface area contributed by atoms with Gasteiger partial charge in [0.05, 0.1) is 6.04 Å². The normalized spacial score (nSPS) is 22.5. The molecule has 1 N–H and O–H groups in total. The Balaban J connectivity index is 2.55. The van der Waals surface area contributed by atoms with Crippen LogP contribution in [0.3, 0.4) is 0 Å². The molecular formula is C8H11F3N2. The van der Waals surface area contributed by atoms with Crippen molar-refractivity contribution in [3.05, 3.63) is 12.2 Å². The van der Waals surface area contributed by atoms with Gasteiger partial charge < -0.3 is 5.43 Å². The minimum absolute atomic E-state index is 0.0592. The van der Waals surface area contributed by atoms with Crippen LogP contribution in [0.25, 0.3) is 0 Å². The maximum absolute atomic E-state index is 12.0. The van der Waals surface area contributed by atoms with Crippen molar-refractivity contribution in [2.45, 2.75) is 32.0 Å². The Kier molecular flexibility index (Phi) is 2.95. The molecule has 1 aliphatic rings. The lowest BCUT2D eigenvalue weighted by atomic mass is 10.1. The van der Waals surface area contributed by atoms with Gasteiger partial charge in [-0.05, 0) is 12.5 Å². The molecule has 0 saturated carbocycles. The second-order valence-electron chi connectivity index (χ2n) is 2.88. The summed E-state index contributed by atoms with van der Waals surface area (Å²) in [6.45, 7) is 1.97. The number of nitrogens with one attached hydrogen (secondary N) is 1. The Labute approximate surface area is 74.5 Å². The summed E-state index contributed by atoms with van der Waals surface area (Å²) < 4.78 is 36.1. The highest BCUT2D eigenvalue weighted by molar-refractivity contribution is 5.99. The van der Waals surface area contributed by atoms with Crippen molar-refractivity contribution in [2.24, 2.45) is 5.10 Å². The van der Waals surface area contributed by atoms with E-state index in [-0.39, 0.29) is 6.04 Å². The number of halogens is 3. The number of nitrogens with zero attached hydrogens (tertiary/aromatic N) is 1. The molecule has 0 fully saturated rings. The molecule has 1 aliphatic heterocycles. The third-order valence-corrected chi connectivity index (χ3v) is 1.73. The maximum atomic E-state index is 12.0. The summed E-state index contributed by atoms with van der Waals surface area (Å²) >= 11 is 0. The summed E-state index contributed by atoms with van der Waals surface area (Å²) in [5, 5.41) is 3.26. The van der Waals surface area contributed by atoms with Crippen LogP contribution in [-0.2, 0) is 0 Å². The fraction of sp³-hybridized carbons (Fsp3) is 0.625. The molecule has 1 unspecified atom stereocenters. The van der Waals surface area contributed by atoms with E-state index in [9.17, 15) is 13.2 Å². The molecule has 2 nitrogen and oxygen atoms in total. The summed E-state index contributed by atoms with van der Waals surface area (Å²) in [7, 11) is 0. The topological polar surface area (TPSA) is 24.4 Å². The van der Waals surface area contributed by atoms with E-state index in [1.807, 2.05) is 6.92 Å². The third-order valence-electron chi connectivity index (χ3n) is 1.73. The molecule has 0 aromatic heterocycles. The Morgan fingerprint density at radius 2 is 2.23 bits per heavy atom. The van der Waals surface area contributed by atoms with E-state index >= 15 is 0 Å². The molecule has 1 heterocycles. The molecule has 0 aliphatic carbocycles. The highest BCUT2D eigenvalue weighted by atomic mass is 19.4. The lowest BCUT2D eigenvalue weighted by Gasteiger charge is -2.17. The number of rotatable bonds is 2. The molecule has 13 heavy (non-hydrogen) atoms. The zero-order chi connectivity index (χ0) is 9.90. The molecule has 1 atom stereocenters. The smallest absolute Gasteiger partial charge is 0.303 e. The zero-order valence-electron chi connectivity index (χ0n) is 7.23. The molecule has 0 aromatic rings. The third kappa shape index (κ3) is 2.75. The number of alkyl halides is 3. The van der Waals surface area contributed by atoms with E-state index in [1.165, 1.54) is 6.08 Å². The molecule has 0 radical (unpaired) electrons. The van der Waals surface area contributed by atoms with E-state index in [1.54, 1.807) is 0 Å². The fourth-order valence-electron chi connectivity index (χ4n) is 1.07. The molecule has 74 valence electrons. The highest BCUT2D eigenvalue weighted by Gasteiger charge is 2.35. The monoisotopic (exact) mass is 192 g/mol. The fourth-order valence-corrected chi connectivity index (χ4v) is 1.07. The summed E-state index contributed by atoms with van der Waals surface area (Å²) in [6.07, 6.45) is -0.110. The largest absolute Gasteiger partial charge is 0.435 e. The van der Waals surface area contributed by atoms with Gasteiger partial charge in [-0.2, -0.15) is 18.3 Å². The van der Waals surface area contributed by atoms with E-state index < -0.39 is 11.9 Å². The standard InChI is InChI=1S/C8H11F3N2/c1-2-3-6-4-5-7(13-12-6)8(9,10)11/h4-6,12H,2-3H2,1H3. The summed E-state index contributed by atoms with van der Waals surface area (Å²) in [5.74, 6) is 0. The molecule has 5 heteroatoms. The molecule has 0 saturated heterocycles. The Morgan fingerprint density at radius 3 is 2.62 bits per heavy atom. The SMILES string of the molecule is CCCC1C=CC(C(F)(F)F)=NN1. The quantitative estimate of drug-likeness (QED) is 0.712. The average molecular weight is 192 g/mol. The summed E-state index contributed by atoms with van der Waals surface area (Å²) in [5.41, 5.74) is 1.60. The van der Waals surface area contributed by atoms with Crippen molar-refractivity contribution >= 4 is 5.71 Å². The van der Waals surface area contributed by atoms with Crippen LogP contribution in [0, 0.1) is 0 Å². The first-order chi connectivity index (χ1) is 6.04. The minimum atomic E-state index is -4.35. The molecule has 0 bridgehead atoms. The predicted octanol–water partition coefficient (Wildman–Crippen LogP) is 2.23. The van der Waals surface area contributed by atoms with Gasteiger partial charge in [0.2, 0.25) is 0 Å². The first kappa shape index (κ1) is 10.1. The van der Waals surface area contributed by atoms with Crippen molar-refractivity contribution < 1.29 is 13.2 Å². The van der Waals surface area contributed by atoms with Crippen molar-refractivity contribution in [2.75, 3.05) is 0 Å². The lowest BCUT2D eigenvalue weighted by molar-refractivity contribution is -0.0583. The number of hydrogen-bond acceptors (Lipinski definition) is 2.